The van der Waals surface area contributed by atoms with Gasteiger partial charge in [-0.2, -0.15) is 0 Å². The van der Waals surface area contributed by atoms with Crippen LogP contribution in [0.2, 0.25) is 0 Å². The van der Waals surface area contributed by atoms with Crippen molar-refractivity contribution in [1.82, 2.24) is 10.2 Å². The Labute approximate surface area is 172 Å². The van der Waals surface area contributed by atoms with Crippen LogP contribution in [0.5, 0.6) is 5.75 Å². The Balaban J connectivity index is 1.38. The van der Waals surface area contributed by atoms with Crippen molar-refractivity contribution in [3.05, 3.63) is 65.1 Å². The summed E-state index contributed by atoms with van der Waals surface area (Å²) < 4.78 is 20.0. The lowest BCUT2D eigenvalue weighted by Gasteiger charge is -2.33. The maximum Gasteiger partial charge on any atom is 0.251 e. The lowest BCUT2D eigenvalue weighted by molar-refractivity contribution is -0.117. The number of ether oxygens (including phenoxy) is 1. The molecule has 0 bridgehead atoms. The van der Waals surface area contributed by atoms with Gasteiger partial charge in [0, 0.05) is 40.6 Å². The zero-order chi connectivity index (χ0) is 20.2. The minimum atomic E-state index is -0.568. The number of aliphatic imine (C=N–C) groups is 2. The van der Waals surface area contributed by atoms with E-state index in [9.17, 15) is 9.18 Å². The number of nitrogens with one attached hydrogen (secondary N) is 2. The van der Waals surface area contributed by atoms with Crippen LogP contribution in [0.4, 0.5) is 10.1 Å². The van der Waals surface area contributed by atoms with Crippen LogP contribution in [0.1, 0.15) is 16.7 Å². The molecule has 6 rings (SSSR count). The molecule has 1 amide bonds. The van der Waals surface area contributed by atoms with Gasteiger partial charge in [-0.15, -0.1) is 0 Å². The second-order valence-corrected chi connectivity index (χ2v) is 7.58. The van der Waals surface area contributed by atoms with Crippen molar-refractivity contribution in [3.63, 3.8) is 0 Å². The first-order chi connectivity index (χ1) is 14.7. The summed E-state index contributed by atoms with van der Waals surface area (Å²) in [7, 11) is 0. The molecule has 2 aromatic rings. The monoisotopic (exact) mass is 403 g/mol. The molecule has 150 valence electrons. The average Bonchev–Trinajstić information content (AvgIpc) is 3.38. The van der Waals surface area contributed by atoms with Gasteiger partial charge in [-0.3, -0.25) is 14.7 Å². The second-order valence-electron chi connectivity index (χ2n) is 7.58. The van der Waals surface area contributed by atoms with Crippen LogP contribution < -0.4 is 15.4 Å². The predicted octanol–water partition coefficient (Wildman–Crippen LogP) is 2.29. The summed E-state index contributed by atoms with van der Waals surface area (Å²) in [6.07, 6.45) is 4.18. The number of anilines is 1. The van der Waals surface area contributed by atoms with E-state index < -0.39 is 6.04 Å². The largest absolute Gasteiger partial charge is 0.493 e. The molecule has 0 spiro atoms. The van der Waals surface area contributed by atoms with Crippen LogP contribution in [-0.4, -0.2) is 41.8 Å². The highest BCUT2D eigenvalue weighted by Crippen LogP contribution is 2.38. The first-order valence-corrected chi connectivity index (χ1v) is 9.87. The zero-order valence-electron chi connectivity index (χ0n) is 15.9. The maximum absolute atomic E-state index is 14.5. The molecule has 4 aliphatic rings. The van der Waals surface area contributed by atoms with E-state index in [0.717, 1.165) is 28.1 Å². The van der Waals surface area contributed by atoms with Crippen molar-refractivity contribution in [2.75, 3.05) is 11.9 Å². The van der Waals surface area contributed by atoms with E-state index in [2.05, 4.69) is 20.6 Å². The molecule has 2 aromatic carbocycles. The molecule has 0 aliphatic carbocycles. The molecule has 0 saturated carbocycles. The van der Waals surface area contributed by atoms with E-state index in [1.54, 1.807) is 12.4 Å². The van der Waals surface area contributed by atoms with Crippen molar-refractivity contribution in [1.29, 1.82) is 0 Å². The van der Waals surface area contributed by atoms with Crippen molar-refractivity contribution in [2.45, 2.75) is 25.0 Å². The number of carbonyl (C=O) groups is 1. The number of amides is 1. The Bertz CT molecular complexity index is 1170. The number of halogens is 1. The first kappa shape index (κ1) is 17.2. The third-order valence-electron chi connectivity index (χ3n) is 5.96. The van der Waals surface area contributed by atoms with Crippen LogP contribution in [0.15, 0.2) is 52.6 Å². The Kier molecular flexibility index (Phi) is 3.68. The summed E-state index contributed by atoms with van der Waals surface area (Å²) in [5.41, 5.74) is 4.10. The lowest BCUT2D eigenvalue weighted by Crippen LogP contribution is -2.51. The van der Waals surface area contributed by atoms with Gasteiger partial charge in [0.2, 0.25) is 5.96 Å². The topological polar surface area (TPSA) is 78.3 Å². The molecule has 30 heavy (non-hydrogen) atoms. The number of benzene rings is 2. The number of hydrogen-bond acceptors (Lipinski definition) is 4. The van der Waals surface area contributed by atoms with Gasteiger partial charge in [-0.05, 0) is 18.2 Å². The molecule has 4 heterocycles. The molecule has 8 heteroatoms. The second kappa shape index (κ2) is 6.41. The van der Waals surface area contributed by atoms with Gasteiger partial charge in [0.1, 0.15) is 11.6 Å². The maximum atomic E-state index is 14.5. The first-order valence-electron chi connectivity index (χ1n) is 9.87. The van der Waals surface area contributed by atoms with Crippen LogP contribution in [0.25, 0.3) is 5.57 Å². The van der Waals surface area contributed by atoms with Crippen molar-refractivity contribution in [3.8, 4) is 5.75 Å². The Morgan fingerprint density at radius 2 is 2.17 bits per heavy atom. The summed E-state index contributed by atoms with van der Waals surface area (Å²) in [6.45, 7) is 0.734. The fourth-order valence-corrected chi connectivity index (χ4v) is 4.52. The van der Waals surface area contributed by atoms with E-state index in [1.807, 2.05) is 35.4 Å². The van der Waals surface area contributed by atoms with Crippen molar-refractivity contribution in [2.24, 2.45) is 9.98 Å². The molecule has 2 unspecified atom stereocenters. The molecule has 0 aromatic heterocycles. The average molecular weight is 403 g/mol. The Morgan fingerprint density at radius 3 is 3.10 bits per heavy atom. The van der Waals surface area contributed by atoms with E-state index in [4.69, 9.17) is 4.74 Å². The van der Waals surface area contributed by atoms with Gasteiger partial charge in [-0.25, -0.2) is 9.38 Å². The normalized spacial score (nSPS) is 24.3. The summed E-state index contributed by atoms with van der Waals surface area (Å²) in [6, 6.07) is 9.93. The molecule has 0 radical (unpaired) electrons. The molecular formula is C22H18FN5O2. The van der Waals surface area contributed by atoms with Gasteiger partial charge < -0.3 is 15.4 Å². The fraction of sp³-hybridized carbons (Fsp3) is 0.227. The van der Waals surface area contributed by atoms with Crippen LogP contribution >= 0.6 is 0 Å². The SMILES string of the molecule is O=C1Nc2ccccc2C2=CNC(=NCc3c(F)ccc4c3CCO4)N3C=NC1C23. The Morgan fingerprint density at radius 1 is 1.27 bits per heavy atom. The number of carbonyl (C=O) groups excluding carboxylic acids is 1. The van der Waals surface area contributed by atoms with E-state index >= 15 is 0 Å². The van der Waals surface area contributed by atoms with E-state index in [-0.39, 0.29) is 24.3 Å². The predicted molar refractivity (Wildman–Crippen MR) is 111 cm³/mol. The molecule has 4 aliphatic heterocycles. The Hall–Kier alpha value is -3.68. The third-order valence-corrected chi connectivity index (χ3v) is 5.96. The minimum absolute atomic E-state index is 0.153. The highest BCUT2D eigenvalue weighted by Gasteiger charge is 2.45. The molecule has 2 N–H and O–H groups in total. The smallest absolute Gasteiger partial charge is 0.251 e. The molecule has 0 fully saturated rings. The van der Waals surface area contributed by atoms with Gasteiger partial charge >= 0.3 is 0 Å². The molecule has 0 saturated heterocycles. The molecule has 7 nitrogen and oxygen atoms in total. The number of rotatable bonds is 2. The highest BCUT2D eigenvalue weighted by molar-refractivity contribution is 6.09. The minimum Gasteiger partial charge on any atom is -0.493 e. The fourth-order valence-electron chi connectivity index (χ4n) is 4.52. The third kappa shape index (κ3) is 2.46. The summed E-state index contributed by atoms with van der Waals surface area (Å²) in [5, 5.41) is 6.18. The van der Waals surface area contributed by atoms with Gasteiger partial charge in [0.25, 0.3) is 5.91 Å². The van der Waals surface area contributed by atoms with Gasteiger partial charge in [0.05, 0.1) is 25.5 Å². The summed E-state index contributed by atoms with van der Waals surface area (Å²) in [5.74, 6) is 0.828. The van der Waals surface area contributed by atoms with Gasteiger partial charge in [0.15, 0.2) is 6.04 Å². The number of guanidine groups is 1. The number of nitrogens with zero attached hydrogens (tertiary/aromatic N) is 3. The van der Waals surface area contributed by atoms with E-state index in [0.29, 0.717) is 24.6 Å². The molecular weight excluding hydrogens is 385 g/mol. The van der Waals surface area contributed by atoms with E-state index in [1.165, 1.54) is 6.07 Å². The molecule has 2 atom stereocenters. The van der Waals surface area contributed by atoms with Gasteiger partial charge in [-0.1, -0.05) is 18.2 Å². The number of fused-ring (bicyclic) bond motifs is 3. The lowest BCUT2D eigenvalue weighted by atomic mass is 9.93. The van der Waals surface area contributed by atoms with Crippen molar-refractivity contribution >= 4 is 29.5 Å². The summed E-state index contributed by atoms with van der Waals surface area (Å²) >= 11 is 0. The number of hydrogen-bond donors (Lipinski definition) is 2. The standard InChI is InChI=1S/C22H18FN5O2/c23-16-5-6-18-13(7-8-30-18)14(16)9-24-22-25-10-15-12-3-1-2-4-17(12)27-21(29)19-20(15)28(22)11-26-19/h1-6,10-11,19-20H,7-9H2,(H,24,25)(H,27,29). The van der Waals surface area contributed by atoms with Crippen LogP contribution in [-0.2, 0) is 17.8 Å². The van der Waals surface area contributed by atoms with Crippen LogP contribution in [0, 0.1) is 5.82 Å². The number of para-hydroxylation sites is 1. The summed E-state index contributed by atoms with van der Waals surface area (Å²) in [4.78, 5) is 23.7. The van der Waals surface area contributed by atoms with Crippen LogP contribution in [0.3, 0.4) is 0 Å². The zero-order valence-corrected chi connectivity index (χ0v) is 15.9. The van der Waals surface area contributed by atoms with Crippen molar-refractivity contribution < 1.29 is 13.9 Å². The highest BCUT2D eigenvalue weighted by atomic mass is 19.1. The quantitative estimate of drug-likeness (QED) is 0.807.